The van der Waals surface area contributed by atoms with Crippen molar-refractivity contribution >= 4 is 11.8 Å². The number of fused-ring (bicyclic) bond motifs is 1. The van der Waals surface area contributed by atoms with Crippen LogP contribution in [-0.2, 0) is 5.54 Å². The standard InChI is InChI=1S/C15H19N3S/c1-17-7-9-18(10-8-17)15(12-16)6-11-19-14-5-3-2-4-13(14)15/h2-5H,6-11H2,1H3. The zero-order chi connectivity index (χ0) is 13.3. The number of likely N-dealkylation sites (N-methyl/N-ethyl adjacent to an activating group) is 1. The number of thioether (sulfide) groups is 1. The SMILES string of the molecule is CN1CCN(C2(C#N)CCSc3ccccc32)CC1. The molecule has 1 atom stereocenters. The molecule has 0 aromatic heterocycles. The Hall–Kier alpha value is -1.02. The molecule has 19 heavy (non-hydrogen) atoms. The molecule has 1 unspecified atom stereocenters. The highest BCUT2D eigenvalue weighted by molar-refractivity contribution is 7.99. The molecule has 4 heteroatoms. The molecule has 0 N–H and O–H groups in total. The molecule has 0 radical (unpaired) electrons. The van der Waals surface area contributed by atoms with E-state index < -0.39 is 5.54 Å². The van der Waals surface area contributed by atoms with E-state index in [1.54, 1.807) is 0 Å². The predicted octanol–water partition coefficient (Wildman–Crippen LogP) is 2.15. The van der Waals surface area contributed by atoms with Crippen molar-refractivity contribution in [3.63, 3.8) is 0 Å². The van der Waals surface area contributed by atoms with Crippen LogP contribution < -0.4 is 0 Å². The predicted molar refractivity (Wildman–Crippen MR) is 78.1 cm³/mol. The van der Waals surface area contributed by atoms with Crippen LogP contribution in [-0.4, -0.2) is 48.8 Å². The van der Waals surface area contributed by atoms with Gasteiger partial charge in [0.1, 0.15) is 5.54 Å². The minimum atomic E-state index is -0.400. The third-order valence-electron chi connectivity index (χ3n) is 4.28. The van der Waals surface area contributed by atoms with E-state index >= 15 is 0 Å². The largest absolute Gasteiger partial charge is 0.304 e. The molecule has 0 bridgehead atoms. The highest BCUT2D eigenvalue weighted by Gasteiger charge is 2.43. The molecule has 3 nitrogen and oxygen atoms in total. The maximum absolute atomic E-state index is 9.89. The summed E-state index contributed by atoms with van der Waals surface area (Å²) in [7, 11) is 2.15. The maximum Gasteiger partial charge on any atom is 0.136 e. The van der Waals surface area contributed by atoms with Crippen LogP contribution >= 0.6 is 11.8 Å². The summed E-state index contributed by atoms with van der Waals surface area (Å²) >= 11 is 1.88. The Morgan fingerprint density at radius 1 is 1.21 bits per heavy atom. The van der Waals surface area contributed by atoms with Gasteiger partial charge in [-0.25, -0.2) is 0 Å². The fraction of sp³-hybridized carbons (Fsp3) is 0.533. The minimum absolute atomic E-state index is 0.400. The van der Waals surface area contributed by atoms with Crippen molar-refractivity contribution in [1.29, 1.82) is 5.26 Å². The topological polar surface area (TPSA) is 30.3 Å². The number of nitrogens with zero attached hydrogens (tertiary/aromatic N) is 3. The van der Waals surface area contributed by atoms with Crippen molar-refractivity contribution in [2.45, 2.75) is 16.9 Å². The van der Waals surface area contributed by atoms with Crippen LogP contribution in [0.3, 0.4) is 0 Å². The summed E-state index contributed by atoms with van der Waals surface area (Å²) in [5.41, 5.74) is 0.821. The van der Waals surface area contributed by atoms with Gasteiger partial charge >= 0.3 is 0 Å². The van der Waals surface area contributed by atoms with Gasteiger partial charge < -0.3 is 4.90 Å². The van der Waals surface area contributed by atoms with E-state index in [1.807, 2.05) is 11.8 Å². The van der Waals surface area contributed by atoms with Crippen LogP contribution in [0.25, 0.3) is 0 Å². The van der Waals surface area contributed by atoms with Gasteiger partial charge in [0.15, 0.2) is 0 Å². The van der Waals surface area contributed by atoms with E-state index in [2.05, 4.69) is 47.2 Å². The van der Waals surface area contributed by atoms with Gasteiger partial charge in [0, 0.05) is 42.4 Å². The van der Waals surface area contributed by atoms with Gasteiger partial charge in [-0.1, -0.05) is 18.2 Å². The fourth-order valence-electron chi connectivity index (χ4n) is 3.08. The van der Waals surface area contributed by atoms with E-state index in [9.17, 15) is 5.26 Å². The Labute approximate surface area is 119 Å². The number of nitriles is 1. The molecule has 0 spiro atoms. The van der Waals surface area contributed by atoms with Gasteiger partial charge in [-0.05, 0) is 19.5 Å². The van der Waals surface area contributed by atoms with Gasteiger partial charge in [-0.15, -0.1) is 11.8 Å². The average Bonchev–Trinajstić information content (AvgIpc) is 2.47. The molecule has 2 aliphatic rings. The van der Waals surface area contributed by atoms with E-state index in [4.69, 9.17) is 0 Å². The molecule has 0 amide bonds. The molecule has 3 rings (SSSR count). The molecule has 0 saturated carbocycles. The Morgan fingerprint density at radius 2 is 1.95 bits per heavy atom. The zero-order valence-electron chi connectivity index (χ0n) is 11.3. The molecule has 1 fully saturated rings. The van der Waals surface area contributed by atoms with E-state index in [-0.39, 0.29) is 0 Å². The Kier molecular flexibility index (Phi) is 3.53. The molecule has 2 aliphatic heterocycles. The molecule has 1 aromatic carbocycles. The molecule has 1 aromatic rings. The van der Waals surface area contributed by atoms with Crippen LogP contribution in [0.15, 0.2) is 29.2 Å². The third-order valence-corrected chi connectivity index (χ3v) is 5.36. The second kappa shape index (κ2) is 5.16. The van der Waals surface area contributed by atoms with Gasteiger partial charge in [0.25, 0.3) is 0 Å². The molecule has 1 saturated heterocycles. The zero-order valence-corrected chi connectivity index (χ0v) is 12.1. The minimum Gasteiger partial charge on any atom is -0.304 e. The molecule has 2 heterocycles. The number of benzene rings is 1. The first kappa shape index (κ1) is 13.0. The van der Waals surface area contributed by atoms with Crippen LogP contribution in [0, 0.1) is 11.3 Å². The summed E-state index contributed by atoms with van der Waals surface area (Å²) in [6.45, 7) is 4.09. The van der Waals surface area contributed by atoms with Crippen molar-refractivity contribution in [2.24, 2.45) is 0 Å². The lowest BCUT2D eigenvalue weighted by atomic mass is 9.85. The first-order valence-corrected chi connectivity index (χ1v) is 7.82. The molecule has 100 valence electrons. The average molecular weight is 273 g/mol. The quantitative estimate of drug-likeness (QED) is 0.784. The lowest BCUT2D eigenvalue weighted by Gasteiger charge is -2.45. The van der Waals surface area contributed by atoms with E-state index in [1.165, 1.54) is 10.5 Å². The highest BCUT2D eigenvalue weighted by atomic mass is 32.2. The van der Waals surface area contributed by atoms with Crippen LogP contribution in [0.4, 0.5) is 0 Å². The lowest BCUT2D eigenvalue weighted by Crippen LogP contribution is -2.55. The monoisotopic (exact) mass is 273 g/mol. The van der Waals surface area contributed by atoms with Crippen molar-refractivity contribution in [1.82, 2.24) is 9.80 Å². The first-order valence-electron chi connectivity index (χ1n) is 6.83. The van der Waals surface area contributed by atoms with Crippen LogP contribution in [0.2, 0.25) is 0 Å². The first-order chi connectivity index (χ1) is 9.26. The Morgan fingerprint density at radius 3 is 2.68 bits per heavy atom. The van der Waals surface area contributed by atoms with Gasteiger partial charge in [0.2, 0.25) is 0 Å². The third kappa shape index (κ3) is 2.16. The Balaban J connectivity index is 1.99. The molecule has 0 aliphatic carbocycles. The maximum atomic E-state index is 9.89. The summed E-state index contributed by atoms with van der Waals surface area (Å²) in [6, 6.07) is 11.1. The van der Waals surface area contributed by atoms with Gasteiger partial charge in [0.05, 0.1) is 6.07 Å². The number of hydrogen-bond acceptors (Lipinski definition) is 4. The Bertz CT molecular complexity index is 502. The van der Waals surface area contributed by atoms with Crippen LogP contribution in [0.5, 0.6) is 0 Å². The van der Waals surface area contributed by atoms with Crippen molar-refractivity contribution in [2.75, 3.05) is 39.0 Å². The van der Waals surface area contributed by atoms with E-state index in [0.29, 0.717) is 0 Å². The summed E-state index contributed by atoms with van der Waals surface area (Å²) in [6.07, 6.45) is 0.939. The fourth-order valence-corrected chi connectivity index (χ4v) is 4.27. The van der Waals surface area contributed by atoms with Gasteiger partial charge in [-0.2, -0.15) is 5.26 Å². The smallest absolute Gasteiger partial charge is 0.136 e. The summed E-state index contributed by atoms with van der Waals surface area (Å²) < 4.78 is 0. The van der Waals surface area contributed by atoms with Crippen LogP contribution in [0.1, 0.15) is 12.0 Å². The van der Waals surface area contributed by atoms with Crippen molar-refractivity contribution in [3.8, 4) is 6.07 Å². The summed E-state index contributed by atoms with van der Waals surface area (Å²) in [5.74, 6) is 1.04. The molecular formula is C15H19N3S. The summed E-state index contributed by atoms with van der Waals surface area (Å²) in [4.78, 5) is 6.02. The number of piperazine rings is 1. The number of rotatable bonds is 1. The highest BCUT2D eigenvalue weighted by Crippen LogP contribution is 2.43. The van der Waals surface area contributed by atoms with Crippen molar-refractivity contribution in [3.05, 3.63) is 29.8 Å². The van der Waals surface area contributed by atoms with Gasteiger partial charge in [-0.3, -0.25) is 4.90 Å². The second-order valence-electron chi connectivity index (χ2n) is 5.36. The normalized spacial score (nSPS) is 28.6. The van der Waals surface area contributed by atoms with Crippen molar-refractivity contribution < 1.29 is 0 Å². The summed E-state index contributed by atoms with van der Waals surface area (Å²) in [5, 5.41) is 9.89. The van der Waals surface area contributed by atoms with E-state index in [0.717, 1.165) is 38.4 Å². The number of hydrogen-bond donors (Lipinski definition) is 0. The molecular weight excluding hydrogens is 254 g/mol. The lowest BCUT2D eigenvalue weighted by molar-refractivity contribution is 0.0674. The second-order valence-corrected chi connectivity index (χ2v) is 6.49.